The highest BCUT2D eigenvalue weighted by Crippen LogP contribution is 2.42. The van der Waals surface area contributed by atoms with E-state index in [2.05, 4.69) is 25.8 Å². The van der Waals surface area contributed by atoms with Crippen LogP contribution in [0.3, 0.4) is 0 Å². The largest absolute Gasteiger partial charge is 0.497 e. The molecule has 0 bridgehead atoms. The summed E-state index contributed by atoms with van der Waals surface area (Å²) in [6.07, 6.45) is 3.85. The zero-order chi connectivity index (χ0) is 26.8. The molecule has 8 heteroatoms. The highest BCUT2D eigenvalue weighted by atomic mass is 35.5. The molecule has 1 N–H and O–H groups in total. The van der Waals surface area contributed by atoms with Crippen LogP contribution >= 0.6 is 23.8 Å². The first-order valence-electron chi connectivity index (χ1n) is 12.5. The number of rotatable bonds is 7. The monoisotopic (exact) mass is 552 g/mol. The Morgan fingerprint density at radius 1 is 0.821 bits per heavy atom. The average Bonchev–Trinajstić information content (AvgIpc) is 3.59. The number of aromatic nitrogens is 2. The molecule has 1 aliphatic rings. The standard InChI is InChI=1S/C31H25ClN4O2S/c1-37-24-14-16-26(17-15-24)38-25-12-10-22(11-13-25)36-30(29(34-31(36)39)27-8-2-3-18-33-27)28-9-5-19-35(28)23-7-4-6-21(32)20-23/h2-20,29-30H,1H3,(H,34,39)/t29-,30+/m1/s1. The third-order valence-electron chi connectivity index (χ3n) is 6.68. The Bertz CT molecular complexity index is 1590. The molecule has 3 heterocycles. The normalized spacial score (nSPS) is 16.7. The lowest BCUT2D eigenvalue weighted by molar-refractivity contribution is 0.413. The van der Waals surface area contributed by atoms with E-state index in [1.54, 1.807) is 13.3 Å². The van der Waals surface area contributed by atoms with Crippen LogP contribution in [0.25, 0.3) is 5.69 Å². The van der Waals surface area contributed by atoms with E-state index in [1.807, 2.05) is 103 Å². The van der Waals surface area contributed by atoms with Gasteiger partial charge in [0, 0.05) is 34.5 Å². The molecule has 2 atom stereocenters. The molecule has 6 nitrogen and oxygen atoms in total. The van der Waals surface area contributed by atoms with E-state index in [9.17, 15) is 0 Å². The van der Waals surface area contributed by atoms with Gasteiger partial charge in [0.2, 0.25) is 0 Å². The zero-order valence-corrected chi connectivity index (χ0v) is 22.6. The molecule has 6 rings (SSSR count). The Labute approximate surface area is 237 Å². The molecule has 0 radical (unpaired) electrons. The van der Waals surface area contributed by atoms with Gasteiger partial charge in [0.1, 0.15) is 23.3 Å². The summed E-state index contributed by atoms with van der Waals surface area (Å²) in [7, 11) is 1.64. The molecule has 39 heavy (non-hydrogen) atoms. The number of nitrogens with zero attached hydrogens (tertiary/aromatic N) is 3. The number of halogens is 1. The Morgan fingerprint density at radius 2 is 1.56 bits per heavy atom. The highest BCUT2D eigenvalue weighted by Gasteiger charge is 2.42. The predicted octanol–water partition coefficient (Wildman–Crippen LogP) is 7.50. The molecule has 2 aromatic heterocycles. The third kappa shape index (κ3) is 5.06. The van der Waals surface area contributed by atoms with Crippen molar-refractivity contribution in [2.24, 2.45) is 0 Å². The van der Waals surface area contributed by atoms with Crippen LogP contribution in [0.4, 0.5) is 5.69 Å². The molecule has 3 aromatic carbocycles. The summed E-state index contributed by atoms with van der Waals surface area (Å²) in [6.45, 7) is 0. The molecule has 1 fully saturated rings. The minimum absolute atomic E-state index is 0.165. The zero-order valence-electron chi connectivity index (χ0n) is 21.1. The van der Waals surface area contributed by atoms with Crippen LogP contribution in [-0.4, -0.2) is 21.8 Å². The van der Waals surface area contributed by atoms with Crippen molar-refractivity contribution in [2.45, 2.75) is 12.1 Å². The van der Waals surface area contributed by atoms with Crippen LogP contribution in [-0.2, 0) is 0 Å². The molecule has 0 aliphatic carbocycles. The van der Waals surface area contributed by atoms with Crippen molar-refractivity contribution in [1.29, 1.82) is 0 Å². The van der Waals surface area contributed by atoms with Gasteiger partial charge >= 0.3 is 0 Å². The van der Waals surface area contributed by atoms with Crippen LogP contribution in [0, 0.1) is 0 Å². The van der Waals surface area contributed by atoms with Crippen LogP contribution in [0.15, 0.2) is 116 Å². The van der Waals surface area contributed by atoms with Crippen molar-refractivity contribution in [2.75, 3.05) is 12.0 Å². The van der Waals surface area contributed by atoms with E-state index < -0.39 is 0 Å². The molecule has 5 aromatic rings. The fourth-order valence-corrected chi connectivity index (χ4v) is 5.41. The number of ether oxygens (including phenoxy) is 2. The van der Waals surface area contributed by atoms with Crippen molar-refractivity contribution in [3.8, 4) is 22.9 Å². The Balaban J connectivity index is 1.37. The maximum Gasteiger partial charge on any atom is 0.174 e. The summed E-state index contributed by atoms with van der Waals surface area (Å²) in [6, 6.07) is 33.0. The summed E-state index contributed by atoms with van der Waals surface area (Å²) < 4.78 is 13.4. The number of thiocarbonyl (C=S) groups is 1. The smallest absolute Gasteiger partial charge is 0.174 e. The van der Waals surface area contributed by atoms with E-state index in [4.69, 9.17) is 33.3 Å². The minimum Gasteiger partial charge on any atom is -0.497 e. The van der Waals surface area contributed by atoms with E-state index in [1.165, 1.54) is 0 Å². The Morgan fingerprint density at radius 3 is 2.26 bits per heavy atom. The van der Waals surface area contributed by atoms with Gasteiger partial charge in [-0.25, -0.2) is 0 Å². The first kappa shape index (κ1) is 25.0. The molecule has 194 valence electrons. The first-order valence-corrected chi connectivity index (χ1v) is 13.3. The topological polar surface area (TPSA) is 51.6 Å². The van der Waals surface area contributed by atoms with E-state index in [0.29, 0.717) is 10.1 Å². The van der Waals surface area contributed by atoms with Gasteiger partial charge in [-0.2, -0.15) is 0 Å². The molecular weight excluding hydrogens is 528 g/mol. The highest BCUT2D eigenvalue weighted by molar-refractivity contribution is 7.80. The van der Waals surface area contributed by atoms with Gasteiger partial charge < -0.3 is 24.3 Å². The van der Waals surface area contributed by atoms with Gasteiger partial charge in [-0.15, -0.1) is 0 Å². The van der Waals surface area contributed by atoms with Gasteiger partial charge in [-0.1, -0.05) is 23.7 Å². The van der Waals surface area contributed by atoms with E-state index in [-0.39, 0.29) is 12.1 Å². The number of methoxy groups -OCH3 is 1. The van der Waals surface area contributed by atoms with Gasteiger partial charge in [0.15, 0.2) is 5.11 Å². The van der Waals surface area contributed by atoms with Gasteiger partial charge in [-0.05, 0) is 103 Å². The third-order valence-corrected chi connectivity index (χ3v) is 7.23. The summed E-state index contributed by atoms with van der Waals surface area (Å²) >= 11 is 12.3. The van der Waals surface area contributed by atoms with Gasteiger partial charge in [-0.3, -0.25) is 4.98 Å². The number of benzene rings is 3. The second kappa shape index (κ2) is 10.8. The minimum atomic E-state index is -0.172. The summed E-state index contributed by atoms with van der Waals surface area (Å²) in [5, 5.41) is 4.83. The van der Waals surface area contributed by atoms with Crippen molar-refractivity contribution in [1.82, 2.24) is 14.9 Å². The van der Waals surface area contributed by atoms with Crippen molar-refractivity contribution < 1.29 is 9.47 Å². The van der Waals surface area contributed by atoms with Crippen molar-refractivity contribution in [3.05, 3.63) is 132 Å². The van der Waals surface area contributed by atoms with Crippen LogP contribution in [0.2, 0.25) is 5.02 Å². The van der Waals surface area contributed by atoms with Crippen LogP contribution in [0.5, 0.6) is 17.2 Å². The number of hydrogen-bond acceptors (Lipinski definition) is 4. The molecule has 0 amide bonds. The van der Waals surface area contributed by atoms with Gasteiger partial charge in [0.25, 0.3) is 0 Å². The molecular formula is C31H25ClN4O2S. The maximum atomic E-state index is 6.35. The van der Waals surface area contributed by atoms with Crippen molar-refractivity contribution in [3.63, 3.8) is 0 Å². The van der Waals surface area contributed by atoms with Crippen molar-refractivity contribution >= 4 is 34.6 Å². The second-order valence-electron chi connectivity index (χ2n) is 9.05. The first-order chi connectivity index (χ1) is 19.1. The summed E-state index contributed by atoms with van der Waals surface area (Å²) in [5.41, 5.74) is 3.88. The molecule has 1 aliphatic heterocycles. The van der Waals surface area contributed by atoms with Crippen LogP contribution < -0.4 is 19.7 Å². The van der Waals surface area contributed by atoms with E-state index >= 15 is 0 Å². The lowest BCUT2D eigenvalue weighted by Crippen LogP contribution is -2.30. The van der Waals surface area contributed by atoms with Crippen LogP contribution in [0.1, 0.15) is 23.5 Å². The SMILES string of the molecule is COc1ccc(Oc2ccc(N3C(=S)N[C@H](c4ccccn4)[C@@H]3c3cccn3-c3cccc(Cl)c3)cc2)cc1. The average molecular weight is 553 g/mol. The number of hydrogen-bond donors (Lipinski definition) is 1. The number of nitrogens with one attached hydrogen (secondary N) is 1. The Hall–Kier alpha value is -4.33. The Kier molecular flexibility index (Phi) is 6.92. The quantitative estimate of drug-likeness (QED) is 0.211. The maximum absolute atomic E-state index is 6.35. The number of anilines is 1. The lowest BCUT2D eigenvalue weighted by Gasteiger charge is -2.29. The van der Waals surface area contributed by atoms with E-state index in [0.717, 1.165) is 40.0 Å². The molecule has 0 saturated carbocycles. The predicted molar refractivity (Wildman–Crippen MR) is 158 cm³/mol. The van der Waals surface area contributed by atoms with Gasteiger partial charge in [0.05, 0.1) is 18.8 Å². The number of pyridine rings is 1. The summed E-state index contributed by atoms with van der Waals surface area (Å²) in [4.78, 5) is 6.81. The molecule has 1 saturated heterocycles. The fourth-order valence-electron chi connectivity index (χ4n) is 4.88. The summed E-state index contributed by atoms with van der Waals surface area (Å²) in [5.74, 6) is 2.24. The lowest BCUT2D eigenvalue weighted by atomic mass is 10.0. The molecule has 0 unspecified atom stereocenters. The fraction of sp³-hybridized carbons (Fsp3) is 0.0968. The second-order valence-corrected chi connectivity index (χ2v) is 9.87. The molecule has 0 spiro atoms.